The van der Waals surface area contributed by atoms with E-state index in [0.717, 1.165) is 14.9 Å². The minimum Gasteiger partial charge on any atom is -0.337 e. The minimum atomic E-state index is 0.768. The molecule has 0 bridgehead atoms. The molecule has 1 N–H and O–H groups in total. The fraction of sp³-hybridized carbons (Fsp3) is 0. The van der Waals surface area contributed by atoms with Crippen LogP contribution in [0.25, 0.3) is 20.7 Å². The summed E-state index contributed by atoms with van der Waals surface area (Å²) in [5.41, 5.74) is 1.19. The number of hydrogen-bond acceptors (Lipinski definition) is 4. The number of nitrogens with zero attached hydrogens (tertiary/aromatic N) is 1. The largest absolute Gasteiger partial charge is 0.337 e. The van der Waals surface area contributed by atoms with E-state index in [1.807, 2.05) is 6.07 Å². The third kappa shape index (κ3) is 1.43. The van der Waals surface area contributed by atoms with Crippen LogP contribution in [-0.2, 0) is 0 Å². The third-order valence-corrected chi connectivity index (χ3v) is 4.27. The average molecular weight is 250 g/mol. The van der Waals surface area contributed by atoms with E-state index in [2.05, 4.69) is 26.8 Å². The Balaban J connectivity index is 2.43. The van der Waals surface area contributed by atoms with Crippen molar-refractivity contribution < 1.29 is 0 Å². The zero-order valence-corrected chi connectivity index (χ0v) is 10.0. The monoisotopic (exact) mass is 250 g/mol. The molecule has 5 heteroatoms. The highest BCUT2D eigenvalue weighted by Gasteiger charge is 2.09. The third-order valence-electron chi connectivity index (χ3n) is 2.16. The molecule has 0 radical (unpaired) electrons. The van der Waals surface area contributed by atoms with Crippen molar-refractivity contribution in [1.29, 1.82) is 0 Å². The van der Waals surface area contributed by atoms with Crippen molar-refractivity contribution in [2.45, 2.75) is 0 Å². The molecular weight excluding hydrogens is 244 g/mol. The highest BCUT2D eigenvalue weighted by atomic mass is 32.1. The van der Waals surface area contributed by atoms with Crippen molar-refractivity contribution in [2.75, 3.05) is 0 Å². The van der Waals surface area contributed by atoms with Crippen molar-refractivity contribution in [3.8, 4) is 10.4 Å². The Morgan fingerprint density at radius 1 is 1.33 bits per heavy atom. The van der Waals surface area contributed by atoms with Crippen LogP contribution >= 0.6 is 34.9 Å². The van der Waals surface area contributed by atoms with E-state index in [4.69, 9.17) is 12.2 Å². The highest BCUT2D eigenvalue weighted by molar-refractivity contribution is 7.71. The zero-order chi connectivity index (χ0) is 10.3. The summed E-state index contributed by atoms with van der Waals surface area (Å²) in [6.45, 7) is 0. The summed E-state index contributed by atoms with van der Waals surface area (Å²) in [6, 6.07) is 4.15. The first-order valence-corrected chi connectivity index (χ1v) is 6.52. The molecule has 3 aromatic rings. The molecule has 0 unspecified atom stereocenters. The SMILES string of the molecule is S=c1[nH]cnc2scc(-c3cccs3)c12. The van der Waals surface area contributed by atoms with Crippen LogP contribution in [-0.4, -0.2) is 9.97 Å². The summed E-state index contributed by atoms with van der Waals surface area (Å²) in [6.07, 6.45) is 1.65. The lowest BCUT2D eigenvalue weighted by atomic mass is 10.2. The zero-order valence-electron chi connectivity index (χ0n) is 7.56. The van der Waals surface area contributed by atoms with Crippen LogP contribution in [0.4, 0.5) is 0 Å². The van der Waals surface area contributed by atoms with E-state index in [1.54, 1.807) is 29.0 Å². The molecule has 74 valence electrons. The second-order valence-corrected chi connectivity index (χ2v) is 5.25. The van der Waals surface area contributed by atoms with Crippen LogP contribution in [0.3, 0.4) is 0 Å². The van der Waals surface area contributed by atoms with Gasteiger partial charge >= 0.3 is 0 Å². The Kier molecular flexibility index (Phi) is 2.16. The summed E-state index contributed by atoms with van der Waals surface area (Å²) in [5.74, 6) is 0. The lowest BCUT2D eigenvalue weighted by Gasteiger charge is -1.94. The quantitative estimate of drug-likeness (QED) is 0.659. The van der Waals surface area contributed by atoms with E-state index >= 15 is 0 Å². The minimum absolute atomic E-state index is 0.768. The molecular formula is C10H6N2S3. The molecule has 3 aromatic heterocycles. The van der Waals surface area contributed by atoms with Crippen molar-refractivity contribution >= 4 is 45.1 Å². The molecule has 0 saturated carbocycles. The standard InChI is InChI=1S/C10H6N2S3/c13-9-8-6(7-2-1-3-14-7)4-15-10(8)12-5-11-9/h1-5H,(H,11,12,13). The normalized spacial score (nSPS) is 10.9. The van der Waals surface area contributed by atoms with Crippen LogP contribution in [0.1, 0.15) is 0 Å². The first-order chi connectivity index (χ1) is 7.36. The molecule has 3 heterocycles. The lowest BCUT2D eigenvalue weighted by Crippen LogP contribution is -1.79. The molecule has 0 fully saturated rings. The predicted octanol–water partition coefficient (Wildman–Crippen LogP) is 4.08. The molecule has 0 aliphatic heterocycles. The van der Waals surface area contributed by atoms with Gasteiger partial charge in [0.2, 0.25) is 0 Å². The van der Waals surface area contributed by atoms with E-state index in [0.29, 0.717) is 0 Å². The van der Waals surface area contributed by atoms with Gasteiger partial charge < -0.3 is 4.98 Å². The predicted molar refractivity (Wildman–Crippen MR) is 68.1 cm³/mol. The first-order valence-electron chi connectivity index (χ1n) is 4.35. The number of nitrogens with one attached hydrogen (secondary N) is 1. The summed E-state index contributed by atoms with van der Waals surface area (Å²) in [4.78, 5) is 9.50. The molecule has 0 atom stereocenters. The van der Waals surface area contributed by atoms with Crippen LogP contribution in [0.5, 0.6) is 0 Å². The lowest BCUT2D eigenvalue weighted by molar-refractivity contribution is 1.22. The van der Waals surface area contributed by atoms with E-state index in [-0.39, 0.29) is 0 Å². The number of hydrogen-bond donors (Lipinski definition) is 1. The van der Waals surface area contributed by atoms with Gasteiger partial charge in [-0.3, -0.25) is 0 Å². The molecule has 3 rings (SSSR count). The van der Waals surface area contributed by atoms with Gasteiger partial charge in [-0.2, -0.15) is 0 Å². The maximum Gasteiger partial charge on any atom is 0.128 e. The molecule has 0 aromatic carbocycles. The van der Waals surface area contributed by atoms with Crippen molar-refractivity contribution in [1.82, 2.24) is 9.97 Å². The maximum atomic E-state index is 5.28. The van der Waals surface area contributed by atoms with Crippen molar-refractivity contribution in [2.24, 2.45) is 0 Å². The molecule has 2 nitrogen and oxygen atoms in total. The number of fused-ring (bicyclic) bond motifs is 1. The second kappa shape index (κ2) is 3.52. The molecule has 0 saturated heterocycles. The second-order valence-electron chi connectivity index (χ2n) is 3.04. The fourth-order valence-corrected chi connectivity index (χ4v) is 3.56. The topological polar surface area (TPSA) is 28.7 Å². The number of thiophene rings is 2. The van der Waals surface area contributed by atoms with Crippen molar-refractivity contribution in [3.63, 3.8) is 0 Å². The average Bonchev–Trinajstić information content (AvgIpc) is 2.85. The van der Waals surface area contributed by atoms with Gasteiger partial charge in [-0.25, -0.2) is 4.98 Å². The fourth-order valence-electron chi connectivity index (χ4n) is 1.50. The van der Waals surface area contributed by atoms with Crippen LogP contribution < -0.4 is 0 Å². The van der Waals surface area contributed by atoms with Crippen LogP contribution in [0.15, 0.2) is 29.2 Å². The molecule has 15 heavy (non-hydrogen) atoms. The van der Waals surface area contributed by atoms with Gasteiger partial charge in [0.05, 0.1) is 11.7 Å². The van der Waals surface area contributed by atoms with Gasteiger partial charge in [0.15, 0.2) is 0 Å². The van der Waals surface area contributed by atoms with Gasteiger partial charge in [-0.05, 0) is 11.4 Å². The summed E-state index contributed by atoms with van der Waals surface area (Å²) in [7, 11) is 0. The van der Waals surface area contributed by atoms with E-state index in [1.165, 1.54) is 10.4 Å². The Morgan fingerprint density at radius 2 is 2.27 bits per heavy atom. The molecule has 0 aliphatic rings. The van der Waals surface area contributed by atoms with E-state index < -0.39 is 0 Å². The number of aromatic nitrogens is 2. The molecule has 0 amide bonds. The molecule has 0 aliphatic carbocycles. The van der Waals surface area contributed by atoms with Crippen LogP contribution in [0, 0.1) is 4.64 Å². The Morgan fingerprint density at radius 3 is 3.07 bits per heavy atom. The number of H-pyrrole nitrogens is 1. The van der Waals surface area contributed by atoms with Gasteiger partial charge in [0, 0.05) is 15.8 Å². The van der Waals surface area contributed by atoms with E-state index in [9.17, 15) is 0 Å². The Labute approximate surface area is 99.2 Å². The Hall–Kier alpha value is -1.04. The number of rotatable bonds is 1. The maximum absolute atomic E-state index is 5.28. The smallest absolute Gasteiger partial charge is 0.128 e. The molecule has 0 spiro atoms. The summed E-state index contributed by atoms with van der Waals surface area (Å²) < 4.78 is 0.768. The van der Waals surface area contributed by atoms with Crippen molar-refractivity contribution in [3.05, 3.63) is 33.9 Å². The summed E-state index contributed by atoms with van der Waals surface area (Å²) in [5, 5.41) is 5.26. The van der Waals surface area contributed by atoms with Gasteiger partial charge in [0.25, 0.3) is 0 Å². The van der Waals surface area contributed by atoms with Gasteiger partial charge in [-0.15, -0.1) is 22.7 Å². The van der Waals surface area contributed by atoms with Gasteiger partial charge in [0.1, 0.15) is 9.47 Å². The van der Waals surface area contributed by atoms with Gasteiger partial charge in [-0.1, -0.05) is 18.3 Å². The number of aromatic amines is 1. The highest BCUT2D eigenvalue weighted by Crippen LogP contribution is 2.35. The Bertz CT molecular complexity index is 649. The van der Waals surface area contributed by atoms with Crippen LogP contribution in [0.2, 0.25) is 0 Å². The summed E-state index contributed by atoms with van der Waals surface area (Å²) >= 11 is 8.64. The first kappa shape index (κ1) is 9.21.